The van der Waals surface area contributed by atoms with Crippen molar-refractivity contribution < 1.29 is 10.0 Å². The Bertz CT molecular complexity index is 389. The van der Waals surface area contributed by atoms with Crippen LogP contribution in [-0.4, -0.2) is 28.5 Å². The summed E-state index contributed by atoms with van der Waals surface area (Å²) < 4.78 is 0. The number of oxime groups is 1. The molecular formula is C9H12N4O2. The zero-order valence-corrected chi connectivity index (χ0v) is 8.27. The molecule has 6 heteroatoms. The van der Waals surface area contributed by atoms with E-state index in [-0.39, 0.29) is 18.3 Å². The lowest BCUT2D eigenvalue weighted by atomic mass is 10.3. The number of carbonyl (C=O) groups excluding carboxylic acids is 1. The van der Waals surface area contributed by atoms with Gasteiger partial charge in [-0.15, -0.1) is 0 Å². The third kappa shape index (κ3) is 3.26. The maximum absolute atomic E-state index is 11.5. The van der Waals surface area contributed by atoms with Gasteiger partial charge in [0.15, 0.2) is 5.84 Å². The molecule has 80 valence electrons. The van der Waals surface area contributed by atoms with Gasteiger partial charge in [0.1, 0.15) is 5.69 Å². The second-order valence-corrected chi connectivity index (χ2v) is 2.94. The van der Waals surface area contributed by atoms with Crippen LogP contribution in [-0.2, 0) is 0 Å². The summed E-state index contributed by atoms with van der Waals surface area (Å²) in [7, 11) is 0. The summed E-state index contributed by atoms with van der Waals surface area (Å²) in [6, 6.07) is 5.12. The van der Waals surface area contributed by atoms with Gasteiger partial charge in [0.2, 0.25) is 0 Å². The van der Waals surface area contributed by atoms with Gasteiger partial charge < -0.3 is 16.3 Å². The van der Waals surface area contributed by atoms with Gasteiger partial charge in [-0.2, -0.15) is 0 Å². The molecule has 0 fully saturated rings. The van der Waals surface area contributed by atoms with Crippen molar-refractivity contribution in [2.45, 2.75) is 6.92 Å². The van der Waals surface area contributed by atoms with E-state index in [4.69, 9.17) is 10.9 Å². The lowest BCUT2D eigenvalue weighted by molar-refractivity contribution is 0.0954. The molecule has 1 rings (SSSR count). The highest BCUT2D eigenvalue weighted by molar-refractivity contribution is 5.95. The molecule has 6 nitrogen and oxygen atoms in total. The lowest BCUT2D eigenvalue weighted by Crippen LogP contribution is -2.34. The molecule has 0 atom stereocenters. The quantitative estimate of drug-likeness (QED) is 0.278. The molecular weight excluding hydrogens is 196 g/mol. The van der Waals surface area contributed by atoms with Crippen LogP contribution in [0, 0.1) is 6.92 Å². The molecule has 0 saturated carbocycles. The Labute approximate surface area is 86.8 Å². The fraction of sp³-hybridized carbons (Fsp3) is 0.222. The van der Waals surface area contributed by atoms with E-state index in [1.165, 1.54) is 0 Å². The van der Waals surface area contributed by atoms with Crippen LogP contribution in [0.1, 0.15) is 16.2 Å². The number of carbonyl (C=O) groups is 1. The van der Waals surface area contributed by atoms with Gasteiger partial charge in [-0.1, -0.05) is 11.2 Å². The van der Waals surface area contributed by atoms with Crippen LogP contribution in [0.4, 0.5) is 0 Å². The van der Waals surface area contributed by atoms with Gasteiger partial charge in [0.25, 0.3) is 5.91 Å². The summed E-state index contributed by atoms with van der Waals surface area (Å²) in [6.07, 6.45) is 0. The predicted octanol–water partition coefficient (Wildman–Crippen LogP) is -0.134. The maximum atomic E-state index is 11.5. The molecule has 0 aliphatic carbocycles. The van der Waals surface area contributed by atoms with Gasteiger partial charge in [0.05, 0.1) is 6.54 Å². The van der Waals surface area contributed by atoms with Gasteiger partial charge in [-0.3, -0.25) is 4.79 Å². The van der Waals surface area contributed by atoms with Crippen molar-refractivity contribution in [2.75, 3.05) is 6.54 Å². The van der Waals surface area contributed by atoms with Crippen molar-refractivity contribution >= 4 is 11.7 Å². The largest absolute Gasteiger partial charge is 0.409 e. The van der Waals surface area contributed by atoms with Gasteiger partial charge in [0, 0.05) is 5.69 Å². The molecule has 1 aromatic heterocycles. The average molecular weight is 208 g/mol. The van der Waals surface area contributed by atoms with Crippen LogP contribution in [0.15, 0.2) is 23.4 Å². The van der Waals surface area contributed by atoms with E-state index in [1.807, 2.05) is 0 Å². The third-order valence-corrected chi connectivity index (χ3v) is 1.68. The van der Waals surface area contributed by atoms with Crippen molar-refractivity contribution in [3.05, 3.63) is 29.6 Å². The highest BCUT2D eigenvalue weighted by Crippen LogP contribution is 1.97. The Morgan fingerprint density at radius 2 is 2.40 bits per heavy atom. The normalized spacial score (nSPS) is 11.1. The molecule has 0 spiro atoms. The molecule has 0 aliphatic heterocycles. The Hall–Kier alpha value is -2.11. The number of aryl methyl sites for hydroxylation is 1. The van der Waals surface area contributed by atoms with E-state index in [2.05, 4.69) is 15.5 Å². The minimum absolute atomic E-state index is 0.00897. The number of hydrogen-bond donors (Lipinski definition) is 3. The van der Waals surface area contributed by atoms with E-state index in [1.54, 1.807) is 25.1 Å². The molecule has 15 heavy (non-hydrogen) atoms. The van der Waals surface area contributed by atoms with Gasteiger partial charge in [-0.05, 0) is 19.1 Å². The molecule has 1 amide bonds. The number of hydrogen-bond acceptors (Lipinski definition) is 4. The summed E-state index contributed by atoms with van der Waals surface area (Å²) in [5.74, 6) is -0.415. The van der Waals surface area contributed by atoms with Crippen LogP contribution in [0.3, 0.4) is 0 Å². The molecule has 0 saturated heterocycles. The van der Waals surface area contributed by atoms with Crippen LogP contribution in [0.25, 0.3) is 0 Å². The number of nitrogens with two attached hydrogens (primary N) is 1. The third-order valence-electron chi connectivity index (χ3n) is 1.68. The SMILES string of the molecule is Cc1cccc(C(=O)NC/C(N)=N/O)n1. The summed E-state index contributed by atoms with van der Waals surface area (Å²) in [5.41, 5.74) is 6.26. The average Bonchev–Trinajstić information content (AvgIpc) is 2.25. The zero-order valence-electron chi connectivity index (χ0n) is 8.27. The molecule has 0 aliphatic rings. The first-order valence-electron chi connectivity index (χ1n) is 4.31. The van der Waals surface area contributed by atoms with Crippen molar-refractivity contribution in [1.29, 1.82) is 0 Å². The Morgan fingerprint density at radius 3 is 3.00 bits per heavy atom. The van der Waals surface area contributed by atoms with E-state index in [0.717, 1.165) is 5.69 Å². The zero-order chi connectivity index (χ0) is 11.3. The number of rotatable bonds is 3. The van der Waals surface area contributed by atoms with Crippen LogP contribution in [0.5, 0.6) is 0 Å². The molecule has 0 unspecified atom stereocenters. The molecule has 0 aromatic carbocycles. The topological polar surface area (TPSA) is 101 Å². The number of nitrogens with zero attached hydrogens (tertiary/aromatic N) is 2. The first kappa shape index (κ1) is 11.0. The first-order valence-corrected chi connectivity index (χ1v) is 4.31. The van der Waals surface area contributed by atoms with E-state index >= 15 is 0 Å². The Balaban J connectivity index is 2.62. The monoisotopic (exact) mass is 208 g/mol. The standard InChI is InChI=1S/C9H12N4O2/c1-6-3-2-4-7(12-6)9(14)11-5-8(10)13-15/h2-4,15H,5H2,1H3,(H2,10,13)(H,11,14). The Morgan fingerprint density at radius 1 is 1.67 bits per heavy atom. The summed E-state index contributed by atoms with van der Waals surface area (Å²) in [4.78, 5) is 15.5. The van der Waals surface area contributed by atoms with E-state index in [0.29, 0.717) is 5.69 Å². The van der Waals surface area contributed by atoms with Crippen LogP contribution >= 0.6 is 0 Å². The minimum Gasteiger partial charge on any atom is -0.409 e. The second kappa shape index (κ2) is 4.94. The van der Waals surface area contributed by atoms with Crippen molar-refractivity contribution in [1.82, 2.24) is 10.3 Å². The Kier molecular flexibility index (Phi) is 3.61. The van der Waals surface area contributed by atoms with Crippen LogP contribution < -0.4 is 11.1 Å². The van der Waals surface area contributed by atoms with E-state index < -0.39 is 0 Å². The number of pyridine rings is 1. The van der Waals surface area contributed by atoms with E-state index in [9.17, 15) is 4.79 Å². The predicted molar refractivity (Wildman–Crippen MR) is 54.7 cm³/mol. The summed E-state index contributed by atoms with van der Waals surface area (Å²) >= 11 is 0. The number of amidine groups is 1. The van der Waals surface area contributed by atoms with Crippen LogP contribution in [0.2, 0.25) is 0 Å². The van der Waals surface area contributed by atoms with Crippen molar-refractivity contribution in [3.63, 3.8) is 0 Å². The smallest absolute Gasteiger partial charge is 0.270 e. The number of amides is 1. The number of aromatic nitrogens is 1. The fourth-order valence-electron chi connectivity index (χ4n) is 0.966. The highest BCUT2D eigenvalue weighted by atomic mass is 16.4. The van der Waals surface area contributed by atoms with Gasteiger partial charge in [-0.25, -0.2) is 4.98 Å². The lowest BCUT2D eigenvalue weighted by Gasteiger charge is -2.03. The van der Waals surface area contributed by atoms with Crippen molar-refractivity contribution in [2.24, 2.45) is 10.9 Å². The maximum Gasteiger partial charge on any atom is 0.270 e. The highest BCUT2D eigenvalue weighted by Gasteiger charge is 2.06. The molecule has 4 N–H and O–H groups in total. The molecule has 0 radical (unpaired) electrons. The molecule has 1 aromatic rings. The summed E-state index contributed by atoms with van der Waals surface area (Å²) in [6.45, 7) is 1.78. The van der Waals surface area contributed by atoms with Crippen molar-refractivity contribution in [3.8, 4) is 0 Å². The minimum atomic E-state index is -0.356. The first-order chi connectivity index (χ1) is 7.13. The second-order valence-electron chi connectivity index (χ2n) is 2.94. The van der Waals surface area contributed by atoms with Gasteiger partial charge >= 0.3 is 0 Å². The molecule has 0 bridgehead atoms. The molecule has 1 heterocycles. The summed E-state index contributed by atoms with van der Waals surface area (Å²) in [5, 5.41) is 13.4. The number of nitrogens with one attached hydrogen (secondary N) is 1. The fourth-order valence-corrected chi connectivity index (χ4v) is 0.966.